The Bertz CT molecular complexity index is 851. The summed E-state index contributed by atoms with van der Waals surface area (Å²) in [6.07, 6.45) is 6.98. The summed E-state index contributed by atoms with van der Waals surface area (Å²) < 4.78 is 7.39. The first-order valence-corrected chi connectivity index (χ1v) is 7.52. The van der Waals surface area contributed by atoms with Crippen molar-refractivity contribution in [1.29, 1.82) is 0 Å². The largest absolute Gasteiger partial charge is 0.469 e. The van der Waals surface area contributed by atoms with Gasteiger partial charge < -0.3 is 13.9 Å². The van der Waals surface area contributed by atoms with Crippen LogP contribution in [-0.2, 0) is 13.1 Å². The molecular formula is C17H16N4O2. The maximum atomic E-state index is 12.6. The minimum atomic E-state index is -0.00609. The molecule has 0 aromatic carbocycles. The van der Waals surface area contributed by atoms with Gasteiger partial charge in [0.25, 0.3) is 5.91 Å². The van der Waals surface area contributed by atoms with Crippen molar-refractivity contribution in [3.63, 3.8) is 0 Å². The molecule has 6 nitrogen and oxygen atoms in total. The second kappa shape index (κ2) is 5.39. The molecule has 3 aromatic heterocycles. The van der Waals surface area contributed by atoms with Crippen LogP contribution in [0.2, 0.25) is 0 Å². The van der Waals surface area contributed by atoms with Crippen molar-refractivity contribution in [2.24, 2.45) is 0 Å². The molecule has 0 saturated carbocycles. The molecule has 0 unspecified atom stereocenters. The third-order valence-electron chi connectivity index (χ3n) is 4.20. The Kier molecular flexibility index (Phi) is 3.22. The Morgan fingerprint density at radius 3 is 2.91 bits per heavy atom. The lowest BCUT2D eigenvalue weighted by Crippen LogP contribution is -2.38. The number of hydrogen-bond donors (Lipinski definition) is 0. The molecule has 0 aliphatic carbocycles. The van der Waals surface area contributed by atoms with Gasteiger partial charge in [-0.05, 0) is 25.1 Å². The average molecular weight is 308 g/mol. The number of hydrogen-bond acceptors (Lipinski definition) is 4. The van der Waals surface area contributed by atoms with E-state index in [0.29, 0.717) is 24.4 Å². The highest BCUT2D eigenvalue weighted by Gasteiger charge is 2.26. The number of carbonyl (C=O) groups excluding carboxylic acids is 1. The first kappa shape index (κ1) is 13.8. The molecule has 4 rings (SSSR count). The minimum Gasteiger partial charge on any atom is -0.469 e. The number of amides is 1. The smallest absolute Gasteiger partial charge is 0.257 e. The van der Waals surface area contributed by atoms with Crippen LogP contribution in [0, 0.1) is 6.92 Å². The quantitative estimate of drug-likeness (QED) is 0.729. The van der Waals surface area contributed by atoms with Crippen LogP contribution >= 0.6 is 0 Å². The highest BCUT2D eigenvalue weighted by Crippen LogP contribution is 2.24. The van der Waals surface area contributed by atoms with Gasteiger partial charge >= 0.3 is 0 Å². The van der Waals surface area contributed by atoms with Gasteiger partial charge in [-0.3, -0.25) is 9.78 Å². The van der Waals surface area contributed by atoms with Crippen LogP contribution in [0.4, 0.5) is 0 Å². The monoisotopic (exact) mass is 308 g/mol. The Balaban J connectivity index is 1.61. The molecule has 4 heterocycles. The maximum absolute atomic E-state index is 12.6. The van der Waals surface area contributed by atoms with Gasteiger partial charge in [0.15, 0.2) is 0 Å². The SMILES string of the molecule is Cc1occc1C(=O)N1CCn2c(-c3cccnc3)cnc2C1. The van der Waals surface area contributed by atoms with Crippen LogP contribution in [-0.4, -0.2) is 31.9 Å². The predicted octanol–water partition coefficient (Wildman–Crippen LogP) is 2.50. The van der Waals surface area contributed by atoms with E-state index in [-0.39, 0.29) is 5.91 Å². The van der Waals surface area contributed by atoms with Crippen molar-refractivity contribution in [1.82, 2.24) is 19.4 Å². The maximum Gasteiger partial charge on any atom is 0.257 e. The fraction of sp³-hybridized carbons (Fsp3) is 0.235. The second-order valence-electron chi connectivity index (χ2n) is 5.57. The van der Waals surface area contributed by atoms with Crippen molar-refractivity contribution < 1.29 is 9.21 Å². The molecule has 23 heavy (non-hydrogen) atoms. The van der Waals surface area contributed by atoms with E-state index < -0.39 is 0 Å². The Labute approximate surface area is 133 Å². The van der Waals surface area contributed by atoms with Gasteiger partial charge in [0.1, 0.15) is 11.6 Å². The summed E-state index contributed by atoms with van der Waals surface area (Å²) in [5.74, 6) is 1.54. The fourth-order valence-corrected chi connectivity index (χ4v) is 2.96. The third-order valence-corrected chi connectivity index (χ3v) is 4.20. The number of aryl methyl sites for hydroxylation is 1. The van der Waals surface area contributed by atoms with Gasteiger partial charge in [0.2, 0.25) is 0 Å². The van der Waals surface area contributed by atoms with Gasteiger partial charge in [-0.25, -0.2) is 4.98 Å². The Morgan fingerprint density at radius 1 is 1.26 bits per heavy atom. The first-order chi connectivity index (χ1) is 11.2. The number of rotatable bonds is 2. The fourth-order valence-electron chi connectivity index (χ4n) is 2.96. The van der Waals surface area contributed by atoms with E-state index >= 15 is 0 Å². The summed E-state index contributed by atoms with van der Waals surface area (Å²) in [7, 11) is 0. The van der Waals surface area contributed by atoms with E-state index in [0.717, 1.165) is 23.6 Å². The van der Waals surface area contributed by atoms with Crippen LogP contribution in [0.25, 0.3) is 11.3 Å². The standard InChI is InChI=1S/C17H16N4O2/c1-12-14(4-8-23-12)17(22)20-6-7-21-15(10-19-16(21)11-20)13-3-2-5-18-9-13/h2-5,8-10H,6-7,11H2,1H3. The number of fused-ring (bicyclic) bond motifs is 1. The van der Waals surface area contributed by atoms with Gasteiger partial charge in [0, 0.05) is 31.0 Å². The predicted molar refractivity (Wildman–Crippen MR) is 83.6 cm³/mol. The molecule has 0 atom stereocenters. The van der Waals surface area contributed by atoms with E-state index in [1.807, 2.05) is 29.4 Å². The topological polar surface area (TPSA) is 64.2 Å². The molecule has 0 radical (unpaired) electrons. The number of aromatic nitrogens is 3. The van der Waals surface area contributed by atoms with Gasteiger partial charge in [-0.2, -0.15) is 0 Å². The summed E-state index contributed by atoms with van der Waals surface area (Å²) in [6, 6.07) is 5.65. The summed E-state index contributed by atoms with van der Waals surface area (Å²) >= 11 is 0. The van der Waals surface area contributed by atoms with Crippen LogP contribution in [0.5, 0.6) is 0 Å². The number of furan rings is 1. The number of nitrogens with zero attached hydrogens (tertiary/aromatic N) is 4. The summed E-state index contributed by atoms with van der Waals surface area (Å²) in [5, 5.41) is 0. The molecule has 1 aliphatic heterocycles. The van der Waals surface area contributed by atoms with Crippen LogP contribution in [0.3, 0.4) is 0 Å². The Morgan fingerprint density at radius 2 is 2.17 bits per heavy atom. The lowest BCUT2D eigenvalue weighted by molar-refractivity contribution is 0.0706. The molecule has 1 amide bonds. The highest BCUT2D eigenvalue weighted by molar-refractivity contribution is 5.95. The minimum absolute atomic E-state index is 0.00609. The molecule has 0 spiro atoms. The zero-order valence-electron chi connectivity index (χ0n) is 12.8. The highest BCUT2D eigenvalue weighted by atomic mass is 16.3. The zero-order chi connectivity index (χ0) is 15.8. The van der Waals surface area contributed by atoms with Crippen LogP contribution in [0.1, 0.15) is 21.9 Å². The van der Waals surface area contributed by atoms with E-state index in [2.05, 4.69) is 14.5 Å². The zero-order valence-corrected chi connectivity index (χ0v) is 12.8. The molecule has 0 fully saturated rings. The van der Waals surface area contributed by atoms with Crippen molar-refractivity contribution >= 4 is 5.91 Å². The number of pyridine rings is 1. The number of imidazole rings is 1. The lowest BCUT2D eigenvalue weighted by Gasteiger charge is -2.28. The van der Waals surface area contributed by atoms with Crippen LogP contribution < -0.4 is 0 Å². The molecule has 6 heteroatoms. The van der Waals surface area contributed by atoms with Crippen molar-refractivity contribution in [2.45, 2.75) is 20.0 Å². The van der Waals surface area contributed by atoms with E-state index in [9.17, 15) is 4.79 Å². The third kappa shape index (κ3) is 2.32. The molecule has 3 aromatic rings. The molecule has 0 bridgehead atoms. The van der Waals surface area contributed by atoms with Crippen molar-refractivity contribution in [2.75, 3.05) is 6.54 Å². The number of carbonyl (C=O) groups is 1. The van der Waals surface area contributed by atoms with Crippen molar-refractivity contribution in [3.05, 3.63) is 60.2 Å². The first-order valence-electron chi connectivity index (χ1n) is 7.52. The average Bonchev–Trinajstić information content (AvgIpc) is 3.20. The molecule has 0 N–H and O–H groups in total. The van der Waals surface area contributed by atoms with Crippen molar-refractivity contribution in [3.8, 4) is 11.3 Å². The van der Waals surface area contributed by atoms with Gasteiger partial charge in [-0.15, -0.1) is 0 Å². The Hall–Kier alpha value is -2.89. The molecular weight excluding hydrogens is 292 g/mol. The lowest BCUT2D eigenvalue weighted by atomic mass is 10.2. The van der Waals surface area contributed by atoms with Gasteiger partial charge in [-0.1, -0.05) is 0 Å². The normalized spacial score (nSPS) is 13.9. The summed E-state index contributed by atoms with van der Waals surface area (Å²) in [5.41, 5.74) is 2.70. The second-order valence-corrected chi connectivity index (χ2v) is 5.57. The summed E-state index contributed by atoms with van der Waals surface area (Å²) in [4.78, 5) is 23.0. The van der Waals surface area contributed by atoms with E-state index in [1.54, 1.807) is 25.5 Å². The van der Waals surface area contributed by atoms with Gasteiger partial charge in [0.05, 0.1) is 30.3 Å². The summed E-state index contributed by atoms with van der Waals surface area (Å²) in [6.45, 7) is 3.69. The molecule has 1 aliphatic rings. The van der Waals surface area contributed by atoms with E-state index in [1.165, 1.54) is 0 Å². The van der Waals surface area contributed by atoms with Crippen LogP contribution in [0.15, 0.2) is 47.5 Å². The van der Waals surface area contributed by atoms with E-state index in [4.69, 9.17) is 4.42 Å². The molecule has 0 saturated heterocycles. The molecule has 116 valence electrons.